The molecule has 0 aliphatic heterocycles. The molecule has 0 bridgehead atoms. The van der Waals surface area contributed by atoms with E-state index in [4.69, 9.17) is 24.5 Å². The van der Waals surface area contributed by atoms with Crippen LogP contribution in [0.4, 0.5) is 30.9 Å². The summed E-state index contributed by atoms with van der Waals surface area (Å²) in [7, 11) is 1.48. The highest BCUT2D eigenvalue weighted by Crippen LogP contribution is 2.44. The van der Waals surface area contributed by atoms with Crippen LogP contribution in [-0.4, -0.2) is 50.5 Å². The normalized spacial score (nSPS) is 15.0. The van der Waals surface area contributed by atoms with E-state index in [0.717, 1.165) is 49.8 Å². The largest absolute Gasteiger partial charge is 0.494 e. The third-order valence-corrected chi connectivity index (χ3v) is 8.33. The van der Waals surface area contributed by atoms with Gasteiger partial charge in [0.15, 0.2) is 17.5 Å². The van der Waals surface area contributed by atoms with E-state index in [-0.39, 0.29) is 47.2 Å². The van der Waals surface area contributed by atoms with Crippen molar-refractivity contribution in [2.24, 2.45) is 0 Å². The van der Waals surface area contributed by atoms with Crippen LogP contribution in [0, 0.1) is 18.6 Å². The molecule has 1 aromatic carbocycles. The number of rotatable bonds is 11. The number of hydrogen-bond acceptors (Lipinski definition) is 8. The van der Waals surface area contributed by atoms with E-state index in [0.29, 0.717) is 23.8 Å². The summed E-state index contributed by atoms with van der Waals surface area (Å²) in [6.45, 7) is 3.83. The first kappa shape index (κ1) is 31.2. The lowest BCUT2D eigenvalue weighted by Gasteiger charge is -2.23. The van der Waals surface area contributed by atoms with Crippen LogP contribution in [0.15, 0.2) is 36.7 Å². The average molecular weight is 633 g/mol. The molecule has 242 valence electrons. The zero-order valence-electron chi connectivity index (χ0n) is 26.2. The van der Waals surface area contributed by atoms with Gasteiger partial charge < -0.3 is 20.1 Å². The number of methoxy groups -OCH3 is 1. The third kappa shape index (κ3) is 6.87. The summed E-state index contributed by atoms with van der Waals surface area (Å²) in [6.07, 6.45) is 10.3. The summed E-state index contributed by atoms with van der Waals surface area (Å²) in [5, 5.41) is 14.0. The zero-order chi connectivity index (χ0) is 32.2. The molecule has 0 radical (unpaired) electrons. The molecule has 0 atom stereocenters. The van der Waals surface area contributed by atoms with Crippen molar-refractivity contribution in [3.8, 4) is 23.0 Å². The number of halogens is 2. The second kappa shape index (κ2) is 13.7. The van der Waals surface area contributed by atoms with Crippen LogP contribution in [0.1, 0.15) is 74.6 Å². The Hall–Kier alpha value is -4.81. The fourth-order valence-corrected chi connectivity index (χ4v) is 5.97. The third-order valence-electron chi connectivity index (χ3n) is 8.33. The van der Waals surface area contributed by atoms with Gasteiger partial charge in [0.1, 0.15) is 23.1 Å². The van der Waals surface area contributed by atoms with E-state index in [2.05, 4.69) is 20.9 Å². The topological polar surface area (TPSA) is 128 Å². The van der Waals surface area contributed by atoms with Crippen LogP contribution in [0.5, 0.6) is 11.5 Å². The van der Waals surface area contributed by atoms with Gasteiger partial charge in [0, 0.05) is 59.0 Å². The van der Waals surface area contributed by atoms with Crippen LogP contribution in [-0.2, 0) is 6.54 Å². The number of carbonyl (C=O) groups excluding carboxylic acids is 1. The first-order valence-corrected chi connectivity index (χ1v) is 15.7. The fraction of sp³-hybridized carbons (Fsp3) is 0.424. The molecule has 3 aromatic heterocycles. The Morgan fingerprint density at radius 1 is 1.02 bits per heavy atom. The van der Waals surface area contributed by atoms with E-state index < -0.39 is 17.7 Å². The number of urea groups is 1. The molecule has 4 aromatic rings. The molecular weight excluding hydrogens is 594 g/mol. The van der Waals surface area contributed by atoms with Crippen molar-refractivity contribution in [3.63, 3.8) is 0 Å². The Morgan fingerprint density at radius 2 is 1.72 bits per heavy atom. The van der Waals surface area contributed by atoms with E-state index >= 15 is 8.78 Å². The molecule has 11 nitrogen and oxygen atoms in total. The molecule has 0 unspecified atom stereocenters. The van der Waals surface area contributed by atoms with Crippen molar-refractivity contribution in [1.29, 1.82) is 0 Å². The Morgan fingerprint density at radius 3 is 2.37 bits per heavy atom. The molecule has 0 saturated heterocycles. The van der Waals surface area contributed by atoms with Crippen LogP contribution in [0.2, 0.25) is 0 Å². The molecule has 6 rings (SSSR count). The van der Waals surface area contributed by atoms with Crippen molar-refractivity contribution in [2.75, 3.05) is 24.4 Å². The number of pyridine rings is 1. The molecule has 13 heteroatoms. The second-order valence-electron chi connectivity index (χ2n) is 11.7. The number of amides is 2. The van der Waals surface area contributed by atoms with Gasteiger partial charge in [0.25, 0.3) is 0 Å². The Labute approximate surface area is 266 Å². The summed E-state index contributed by atoms with van der Waals surface area (Å²) in [4.78, 5) is 26.7. The number of hydrogen-bond donors (Lipinski definition) is 3. The molecule has 3 heterocycles. The maximum absolute atomic E-state index is 15.1. The number of nitrogens with one attached hydrogen (secondary N) is 3. The number of ether oxygens (including phenoxy) is 2. The maximum Gasteiger partial charge on any atom is 0.320 e. The summed E-state index contributed by atoms with van der Waals surface area (Å²) in [5.41, 5.74) is 2.68. The Kier molecular flexibility index (Phi) is 9.27. The number of carbonyl (C=O) groups is 1. The maximum atomic E-state index is 15.1. The van der Waals surface area contributed by atoms with E-state index in [1.165, 1.54) is 25.7 Å². The van der Waals surface area contributed by atoms with Gasteiger partial charge in [-0.2, -0.15) is 5.10 Å². The van der Waals surface area contributed by atoms with Crippen molar-refractivity contribution in [1.82, 2.24) is 30.0 Å². The van der Waals surface area contributed by atoms with Gasteiger partial charge >= 0.3 is 6.03 Å². The highest BCUT2D eigenvalue weighted by Gasteiger charge is 2.33. The minimum absolute atomic E-state index is 0.0814. The average Bonchev–Trinajstić information content (AvgIpc) is 3.82. The van der Waals surface area contributed by atoms with Gasteiger partial charge in [-0.25, -0.2) is 23.5 Å². The molecular formula is C33H38F2N8O3. The number of benzene rings is 1. The lowest BCUT2D eigenvalue weighted by Crippen LogP contribution is -2.39. The van der Waals surface area contributed by atoms with Crippen LogP contribution < -0.4 is 25.4 Å². The zero-order valence-corrected chi connectivity index (χ0v) is 26.2. The van der Waals surface area contributed by atoms with E-state index in [9.17, 15) is 4.79 Å². The summed E-state index contributed by atoms with van der Waals surface area (Å²) < 4.78 is 42.9. The number of anilines is 3. The molecule has 3 N–H and O–H groups in total. The van der Waals surface area contributed by atoms with E-state index in [1.807, 2.05) is 6.92 Å². The van der Waals surface area contributed by atoms with Crippen molar-refractivity contribution < 1.29 is 23.0 Å². The minimum Gasteiger partial charge on any atom is -0.494 e. The second-order valence-corrected chi connectivity index (χ2v) is 11.7. The first-order valence-electron chi connectivity index (χ1n) is 15.7. The van der Waals surface area contributed by atoms with Gasteiger partial charge in [-0.3, -0.25) is 15.0 Å². The number of aromatic nitrogens is 5. The predicted molar refractivity (Wildman–Crippen MR) is 170 cm³/mol. The minimum atomic E-state index is -0.708. The highest BCUT2D eigenvalue weighted by molar-refractivity contribution is 5.91. The lowest BCUT2D eigenvalue weighted by atomic mass is 9.96. The van der Waals surface area contributed by atoms with Crippen LogP contribution in [0.3, 0.4) is 0 Å². The summed E-state index contributed by atoms with van der Waals surface area (Å²) in [6, 6.07) is 5.61. The lowest BCUT2D eigenvalue weighted by molar-refractivity contribution is 0.244. The molecule has 2 saturated carbocycles. The van der Waals surface area contributed by atoms with Crippen molar-refractivity contribution in [3.05, 3.63) is 65.1 Å². The smallest absolute Gasteiger partial charge is 0.320 e. The molecule has 0 spiro atoms. The molecule has 46 heavy (non-hydrogen) atoms. The summed E-state index contributed by atoms with van der Waals surface area (Å²) >= 11 is 0. The molecule has 2 aliphatic rings. The molecule has 2 aliphatic carbocycles. The number of nitrogens with zero attached hydrogens (tertiary/aromatic N) is 5. The quantitative estimate of drug-likeness (QED) is 0.164. The Balaban J connectivity index is 1.40. The summed E-state index contributed by atoms with van der Waals surface area (Å²) in [5.74, 6) is -0.176. The van der Waals surface area contributed by atoms with Gasteiger partial charge in [-0.05, 0) is 51.7 Å². The van der Waals surface area contributed by atoms with E-state index in [1.54, 1.807) is 36.1 Å². The predicted octanol–water partition coefficient (Wildman–Crippen LogP) is 6.85. The van der Waals surface area contributed by atoms with Crippen LogP contribution >= 0.6 is 0 Å². The van der Waals surface area contributed by atoms with Crippen molar-refractivity contribution >= 4 is 23.4 Å². The van der Waals surface area contributed by atoms with Gasteiger partial charge in [0.2, 0.25) is 5.75 Å². The van der Waals surface area contributed by atoms with Crippen LogP contribution in [0.25, 0.3) is 11.5 Å². The monoisotopic (exact) mass is 632 g/mol. The van der Waals surface area contributed by atoms with Gasteiger partial charge in [0.05, 0.1) is 20.3 Å². The van der Waals surface area contributed by atoms with Gasteiger partial charge in [-0.15, -0.1) is 0 Å². The van der Waals surface area contributed by atoms with Crippen molar-refractivity contribution in [2.45, 2.75) is 77.3 Å². The standard InChI is InChI=1S/C33H38F2N8O3/c1-4-46-23-16-25(34)24(26(35)17-23)18-43-28(20-10-11-20)19(2)27(42-43)30-39-31(37-22-12-14-36-15-13-22)29(45-3)32(40-30)41-33(44)38-21-8-6-5-7-9-21/h12-17,20-21H,4-11,18H2,1-3H3,(H3,36,37,38,39,40,41,44). The highest BCUT2D eigenvalue weighted by atomic mass is 19.1. The Bertz CT molecular complexity index is 1680. The first-order chi connectivity index (χ1) is 22.3. The molecule has 2 amide bonds. The van der Waals surface area contributed by atoms with Gasteiger partial charge in [-0.1, -0.05) is 19.3 Å². The molecule has 2 fully saturated rings. The fourth-order valence-electron chi connectivity index (χ4n) is 5.97. The SMILES string of the molecule is CCOc1cc(F)c(Cn2nc(-c3nc(NC(=O)NC4CCCCC4)c(OC)c(Nc4ccncc4)n3)c(C)c2C2CC2)c(F)c1.